The lowest BCUT2D eigenvalue weighted by molar-refractivity contribution is 0.187. The van der Waals surface area contributed by atoms with Crippen molar-refractivity contribution in [3.05, 3.63) is 0 Å². The van der Waals surface area contributed by atoms with Crippen molar-refractivity contribution in [3.8, 4) is 0 Å². The SMILES string of the molecule is CCCC1CC1NC(=NCC)NC1CCN(CC(C)C)CC1. The van der Waals surface area contributed by atoms with E-state index in [4.69, 9.17) is 0 Å². The Morgan fingerprint density at radius 1 is 1.18 bits per heavy atom. The number of guanidine groups is 1. The zero-order valence-corrected chi connectivity index (χ0v) is 15.1. The molecule has 0 radical (unpaired) electrons. The molecular formula is C18H36N4. The molecule has 4 nitrogen and oxygen atoms in total. The Morgan fingerprint density at radius 3 is 2.50 bits per heavy atom. The topological polar surface area (TPSA) is 39.7 Å². The minimum Gasteiger partial charge on any atom is -0.354 e. The van der Waals surface area contributed by atoms with Crippen LogP contribution in [0.4, 0.5) is 0 Å². The van der Waals surface area contributed by atoms with Crippen LogP contribution in [-0.4, -0.2) is 49.1 Å². The summed E-state index contributed by atoms with van der Waals surface area (Å²) in [5.41, 5.74) is 0. The maximum Gasteiger partial charge on any atom is 0.191 e. The number of likely N-dealkylation sites (tertiary alicyclic amines) is 1. The third kappa shape index (κ3) is 5.79. The van der Waals surface area contributed by atoms with Gasteiger partial charge >= 0.3 is 0 Å². The second-order valence-corrected chi connectivity index (χ2v) is 7.47. The molecule has 0 bridgehead atoms. The predicted molar refractivity (Wildman–Crippen MR) is 95.4 cm³/mol. The zero-order chi connectivity index (χ0) is 15.9. The van der Waals surface area contributed by atoms with Gasteiger partial charge in [-0.1, -0.05) is 27.2 Å². The predicted octanol–water partition coefficient (Wildman–Crippen LogP) is 2.85. The second-order valence-electron chi connectivity index (χ2n) is 7.47. The standard InChI is InChI=1S/C18H36N4/c1-5-7-15-12-17(15)21-18(19-6-2)20-16-8-10-22(11-9-16)13-14(3)4/h14-17H,5-13H2,1-4H3,(H2,19,20,21). The fourth-order valence-electron chi connectivity index (χ4n) is 3.55. The lowest BCUT2D eigenvalue weighted by atomic mass is 10.0. The fraction of sp³-hybridized carbons (Fsp3) is 0.944. The molecule has 0 spiro atoms. The van der Waals surface area contributed by atoms with E-state index < -0.39 is 0 Å². The highest BCUT2D eigenvalue weighted by molar-refractivity contribution is 5.80. The third-order valence-corrected chi connectivity index (χ3v) is 4.77. The summed E-state index contributed by atoms with van der Waals surface area (Å²) < 4.78 is 0. The number of nitrogens with one attached hydrogen (secondary N) is 2. The van der Waals surface area contributed by atoms with Crippen molar-refractivity contribution in [2.45, 2.75) is 71.9 Å². The molecular weight excluding hydrogens is 272 g/mol. The van der Waals surface area contributed by atoms with Gasteiger partial charge in [0.1, 0.15) is 0 Å². The van der Waals surface area contributed by atoms with Crippen LogP contribution in [0.1, 0.15) is 59.8 Å². The molecule has 2 unspecified atom stereocenters. The van der Waals surface area contributed by atoms with Crippen LogP contribution in [0.25, 0.3) is 0 Å². The highest BCUT2D eigenvalue weighted by atomic mass is 15.2. The van der Waals surface area contributed by atoms with Gasteiger partial charge in [0.25, 0.3) is 0 Å². The first-order chi connectivity index (χ1) is 10.6. The molecule has 0 aromatic rings. The highest BCUT2D eigenvalue weighted by Gasteiger charge is 2.36. The fourth-order valence-corrected chi connectivity index (χ4v) is 3.55. The molecule has 1 saturated carbocycles. The summed E-state index contributed by atoms with van der Waals surface area (Å²) in [5.74, 6) is 2.70. The molecule has 128 valence electrons. The molecule has 2 aliphatic rings. The van der Waals surface area contributed by atoms with Gasteiger partial charge in [0.2, 0.25) is 0 Å². The van der Waals surface area contributed by atoms with E-state index in [9.17, 15) is 0 Å². The van der Waals surface area contributed by atoms with Crippen molar-refractivity contribution in [1.29, 1.82) is 0 Å². The lowest BCUT2D eigenvalue weighted by Crippen LogP contribution is -2.49. The molecule has 0 aromatic heterocycles. The molecule has 1 saturated heterocycles. The largest absolute Gasteiger partial charge is 0.354 e. The van der Waals surface area contributed by atoms with Crippen LogP contribution >= 0.6 is 0 Å². The van der Waals surface area contributed by atoms with E-state index in [2.05, 4.69) is 48.2 Å². The summed E-state index contributed by atoms with van der Waals surface area (Å²) in [4.78, 5) is 7.24. The van der Waals surface area contributed by atoms with E-state index in [0.29, 0.717) is 12.1 Å². The average Bonchev–Trinajstić information content (AvgIpc) is 3.19. The van der Waals surface area contributed by atoms with Crippen LogP contribution in [0.3, 0.4) is 0 Å². The first-order valence-corrected chi connectivity index (χ1v) is 9.42. The first kappa shape index (κ1) is 17.6. The first-order valence-electron chi connectivity index (χ1n) is 9.42. The molecule has 2 atom stereocenters. The van der Waals surface area contributed by atoms with E-state index in [1.54, 1.807) is 0 Å². The molecule has 0 aromatic carbocycles. The summed E-state index contributed by atoms with van der Waals surface area (Å²) in [6, 6.07) is 1.25. The highest BCUT2D eigenvalue weighted by Crippen LogP contribution is 2.34. The Balaban J connectivity index is 1.72. The van der Waals surface area contributed by atoms with Gasteiger partial charge in [0, 0.05) is 38.3 Å². The van der Waals surface area contributed by atoms with Gasteiger partial charge in [-0.05, 0) is 44.4 Å². The van der Waals surface area contributed by atoms with Crippen molar-refractivity contribution in [2.75, 3.05) is 26.2 Å². The molecule has 1 heterocycles. The van der Waals surface area contributed by atoms with Gasteiger partial charge in [0.05, 0.1) is 0 Å². The molecule has 2 rings (SSSR count). The van der Waals surface area contributed by atoms with Gasteiger partial charge in [0.15, 0.2) is 5.96 Å². The molecule has 0 amide bonds. The van der Waals surface area contributed by atoms with Crippen LogP contribution in [0, 0.1) is 11.8 Å². The summed E-state index contributed by atoms with van der Waals surface area (Å²) >= 11 is 0. The van der Waals surface area contributed by atoms with Crippen LogP contribution in [0.2, 0.25) is 0 Å². The van der Waals surface area contributed by atoms with E-state index in [-0.39, 0.29) is 0 Å². The normalized spacial score (nSPS) is 27.2. The molecule has 1 aliphatic heterocycles. The Hall–Kier alpha value is -0.770. The van der Waals surface area contributed by atoms with Gasteiger partial charge < -0.3 is 15.5 Å². The van der Waals surface area contributed by atoms with E-state index >= 15 is 0 Å². The van der Waals surface area contributed by atoms with E-state index in [1.165, 1.54) is 51.7 Å². The number of aliphatic imine (C=N–C) groups is 1. The maximum atomic E-state index is 4.64. The van der Waals surface area contributed by atoms with Crippen LogP contribution in [0.5, 0.6) is 0 Å². The molecule has 2 fully saturated rings. The summed E-state index contributed by atoms with van der Waals surface area (Å²) in [6.45, 7) is 13.5. The second kappa shape index (κ2) is 8.76. The summed E-state index contributed by atoms with van der Waals surface area (Å²) in [5, 5.41) is 7.32. The number of hydrogen-bond donors (Lipinski definition) is 2. The minimum atomic E-state index is 0.588. The Bertz CT molecular complexity index is 345. The average molecular weight is 309 g/mol. The van der Waals surface area contributed by atoms with Gasteiger partial charge in [-0.25, -0.2) is 0 Å². The Kier molecular flexibility index (Phi) is 7.00. The smallest absolute Gasteiger partial charge is 0.191 e. The summed E-state index contributed by atoms with van der Waals surface area (Å²) in [6.07, 6.45) is 6.45. The monoisotopic (exact) mass is 308 g/mol. The van der Waals surface area contributed by atoms with Crippen molar-refractivity contribution >= 4 is 5.96 Å². The van der Waals surface area contributed by atoms with Gasteiger partial charge in [-0.2, -0.15) is 0 Å². The number of rotatable bonds is 7. The van der Waals surface area contributed by atoms with Gasteiger partial charge in [-0.3, -0.25) is 4.99 Å². The van der Waals surface area contributed by atoms with Gasteiger partial charge in [-0.15, -0.1) is 0 Å². The van der Waals surface area contributed by atoms with Crippen molar-refractivity contribution < 1.29 is 0 Å². The Morgan fingerprint density at radius 2 is 1.91 bits per heavy atom. The molecule has 22 heavy (non-hydrogen) atoms. The Labute approximate surface area is 137 Å². The van der Waals surface area contributed by atoms with Crippen molar-refractivity contribution in [2.24, 2.45) is 16.8 Å². The van der Waals surface area contributed by atoms with E-state index in [1.807, 2.05) is 0 Å². The molecule has 2 N–H and O–H groups in total. The minimum absolute atomic E-state index is 0.588. The van der Waals surface area contributed by atoms with Crippen LogP contribution < -0.4 is 10.6 Å². The number of hydrogen-bond acceptors (Lipinski definition) is 2. The van der Waals surface area contributed by atoms with Crippen LogP contribution in [0.15, 0.2) is 4.99 Å². The van der Waals surface area contributed by atoms with Crippen LogP contribution in [-0.2, 0) is 0 Å². The molecule has 1 aliphatic carbocycles. The lowest BCUT2D eigenvalue weighted by Gasteiger charge is -2.34. The van der Waals surface area contributed by atoms with Crippen molar-refractivity contribution in [3.63, 3.8) is 0 Å². The maximum absolute atomic E-state index is 4.64. The quantitative estimate of drug-likeness (QED) is 0.561. The zero-order valence-electron chi connectivity index (χ0n) is 15.1. The third-order valence-electron chi connectivity index (χ3n) is 4.77. The molecule has 4 heteroatoms. The number of nitrogens with zero attached hydrogens (tertiary/aromatic N) is 2. The number of piperidine rings is 1. The van der Waals surface area contributed by atoms with E-state index in [0.717, 1.165) is 24.3 Å². The summed E-state index contributed by atoms with van der Waals surface area (Å²) in [7, 11) is 0. The van der Waals surface area contributed by atoms with Crippen molar-refractivity contribution in [1.82, 2.24) is 15.5 Å².